The van der Waals surface area contributed by atoms with Crippen molar-refractivity contribution in [3.63, 3.8) is 0 Å². The van der Waals surface area contributed by atoms with Crippen LogP contribution in [0.5, 0.6) is 5.88 Å². The zero-order chi connectivity index (χ0) is 22.9. The van der Waals surface area contributed by atoms with E-state index in [0.29, 0.717) is 22.4 Å². The Balaban J connectivity index is 1.47. The van der Waals surface area contributed by atoms with Crippen molar-refractivity contribution in [3.05, 3.63) is 59.1 Å². The molecule has 0 radical (unpaired) electrons. The molecule has 4 rings (SSSR count). The maximum absolute atomic E-state index is 12.8. The third-order valence-corrected chi connectivity index (χ3v) is 4.53. The van der Waals surface area contributed by atoms with E-state index in [4.69, 9.17) is 4.42 Å². The van der Waals surface area contributed by atoms with Gasteiger partial charge in [-0.2, -0.15) is 13.2 Å². The zero-order valence-corrected chi connectivity index (χ0v) is 16.5. The first-order valence-corrected chi connectivity index (χ1v) is 9.20. The normalized spacial score (nSPS) is 13.2. The second kappa shape index (κ2) is 8.24. The molecule has 0 aromatic carbocycles. The van der Waals surface area contributed by atoms with Gasteiger partial charge in [-0.05, 0) is 19.1 Å². The molecule has 0 aliphatic carbocycles. The molecule has 4 heterocycles. The number of oxazole rings is 1. The number of ether oxygens (including phenoxy) is 1. The van der Waals surface area contributed by atoms with Crippen LogP contribution in [-0.2, 0) is 13.1 Å². The quantitative estimate of drug-likeness (QED) is 0.610. The minimum Gasteiger partial charge on any atom is -0.467 e. The summed E-state index contributed by atoms with van der Waals surface area (Å²) in [6.45, 7) is 0.255. The number of hydrogen-bond acceptors (Lipinski definition) is 8. The number of alkyl halides is 3. The number of pyridine rings is 1. The van der Waals surface area contributed by atoms with Crippen molar-refractivity contribution in [3.8, 4) is 5.88 Å². The van der Waals surface area contributed by atoms with Crippen molar-refractivity contribution in [2.24, 2.45) is 0 Å². The molecular formula is C19H15F3N6O4. The van der Waals surface area contributed by atoms with Gasteiger partial charge in [-0.3, -0.25) is 9.59 Å². The van der Waals surface area contributed by atoms with Gasteiger partial charge in [0.2, 0.25) is 5.88 Å². The standard InChI is InChI=1S/C19H15F3N6O4/c1-10-4-11(26-27-17(10)32-8-19(20,21)22)5-28-6-13-12(18(28)30)2-3-23-15(13)25-16(29)14-7-31-9-24-14/h2-4,7,9H,5-6,8H2,1H3,(H,23,25,29). The minimum absolute atomic E-state index is 0.0532. The number of rotatable bonds is 6. The van der Waals surface area contributed by atoms with Crippen molar-refractivity contribution >= 4 is 17.6 Å². The lowest BCUT2D eigenvalue weighted by Gasteiger charge is -2.16. The number of nitrogens with one attached hydrogen (secondary N) is 1. The minimum atomic E-state index is -4.49. The summed E-state index contributed by atoms with van der Waals surface area (Å²) in [5.41, 5.74) is 1.66. The van der Waals surface area contributed by atoms with E-state index < -0.39 is 18.7 Å². The van der Waals surface area contributed by atoms with E-state index in [2.05, 4.69) is 30.2 Å². The molecule has 0 fully saturated rings. The molecule has 32 heavy (non-hydrogen) atoms. The van der Waals surface area contributed by atoms with Gasteiger partial charge in [0.05, 0.1) is 18.8 Å². The largest absolute Gasteiger partial charge is 0.467 e. The van der Waals surface area contributed by atoms with Gasteiger partial charge in [-0.15, -0.1) is 10.2 Å². The van der Waals surface area contributed by atoms with Crippen molar-refractivity contribution in [2.75, 3.05) is 11.9 Å². The molecular weight excluding hydrogens is 433 g/mol. The van der Waals surface area contributed by atoms with Crippen LogP contribution in [0, 0.1) is 6.92 Å². The molecule has 1 aliphatic rings. The zero-order valence-electron chi connectivity index (χ0n) is 16.5. The maximum atomic E-state index is 12.8. The first-order chi connectivity index (χ1) is 15.2. The number of carbonyl (C=O) groups is 2. The van der Waals surface area contributed by atoms with Gasteiger partial charge < -0.3 is 19.4 Å². The summed E-state index contributed by atoms with van der Waals surface area (Å²) >= 11 is 0. The Morgan fingerprint density at radius 3 is 2.81 bits per heavy atom. The number of fused-ring (bicyclic) bond motifs is 1. The molecule has 13 heteroatoms. The lowest BCUT2D eigenvalue weighted by atomic mass is 10.1. The number of aryl methyl sites for hydroxylation is 1. The first-order valence-electron chi connectivity index (χ1n) is 9.20. The summed E-state index contributed by atoms with van der Waals surface area (Å²) < 4.78 is 46.4. The smallest absolute Gasteiger partial charge is 0.422 e. The first kappa shape index (κ1) is 21.2. The van der Waals surface area contributed by atoms with E-state index in [0.717, 1.165) is 6.39 Å². The van der Waals surface area contributed by atoms with Gasteiger partial charge in [0, 0.05) is 22.9 Å². The van der Waals surface area contributed by atoms with Crippen LogP contribution in [0.25, 0.3) is 0 Å². The van der Waals surface area contributed by atoms with Crippen LogP contribution in [0.2, 0.25) is 0 Å². The van der Waals surface area contributed by atoms with Crippen molar-refractivity contribution < 1.29 is 31.9 Å². The monoisotopic (exact) mass is 448 g/mol. The van der Waals surface area contributed by atoms with Crippen molar-refractivity contribution in [1.82, 2.24) is 25.1 Å². The lowest BCUT2D eigenvalue weighted by molar-refractivity contribution is -0.154. The van der Waals surface area contributed by atoms with Crippen LogP contribution in [0.1, 0.15) is 37.7 Å². The number of nitrogens with zero attached hydrogens (tertiary/aromatic N) is 5. The van der Waals surface area contributed by atoms with Crippen LogP contribution in [-0.4, -0.2) is 49.7 Å². The molecule has 2 amide bonds. The van der Waals surface area contributed by atoms with E-state index in [-0.39, 0.29) is 36.4 Å². The fraction of sp³-hybridized carbons (Fsp3) is 0.263. The van der Waals surface area contributed by atoms with Crippen LogP contribution in [0.15, 0.2) is 35.4 Å². The second-order valence-electron chi connectivity index (χ2n) is 6.90. The topological polar surface area (TPSA) is 123 Å². The molecule has 166 valence electrons. The van der Waals surface area contributed by atoms with Crippen molar-refractivity contribution in [1.29, 1.82) is 0 Å². The Morgan fingerprint density at radius 1 is 1.31 bits per heavy atom. The Kier molecular flexibility index (Phi) is 5.47. The number of halogens is 3. The second-order valence-corrected chi connectivity index (χ2v) is 6.90. The van der Waals surface area contributed by atoms with Gasteiger partial charge in [0.15, 0.2) is 18.7 Å². The number of anilines is 1. The molecule has 1 aliphatic heterocycles. The number of amides is 2. The fourth-order valence-corrected chi connectivity index (χ4v) is 3.11. The van der Waals surface area contributed by atoms with E-state index in [9.17, 15) is 22.8 Å². The molecule has 3 aromatic heterocycles. The number of aromatic nitrogens is 4. The predicted octanol–water partition coefficient (Wildman–Crippen LogP) is 2.52. The third kappa shape index (κ3) is 4.50. The summed E-state index contributed by atoms with van der Waals surface area (Å²) in [5, 5.41) is 10.2. The fourth-order valence-electron chi connectivity index (χ4n) is 3.11. The van der Waals surface area contributed by atoms with E-state index in [1.54, 1.807) is 0 Å². The summed E-state index contributed by atoms with van der Waals surface area (Å²) in [6.07, 6.45) is -0.796. The van der Waals surface area contributed by atoms with Crippen LogP contribution >= 0.6 is 0 Å². The highest BCUT2D eigenvalue weighted by atomic mass is 19.4. The highest BCUT2D eigenvalue weighted by Gasteiger charge is 2.32. The van der Waals surface area contributed by atoms with Gasteiger partial charge in [0.1, 0.15) is 12.1 Å². The Morgan fingerprint density at radius 2 is 2.12 bits per heavy atom. The van der Waals surface area contributed by atoms with Crippen LogP contribution in [0.4, 0.5) is 19.0 Å². The molecule has 1 N–H and O–H groups in total. The molecule has 3 aromatic rings. The van der Waals surface area contributed by atoms with Crippen LogP contribution < -0.4 is 10.1 Å². The summed E-state index contributed by atoms with van der Waals surface area (Å²) in [7, 11) is 0. The molecule has 10 nitrogen and oxygen atoms in total. The summed E-state index contributed by atoms with van der Waals surface area (Å²) in [4.78, 5) is 34.4. The van der Waals surface area contributed by atoms with E-state index in [1.165, 1.54) is 36.4 Å². The number of hydrogen-bond donors (Lipinski definition) is 1. The maximum Gasteiger partial charge on any atom is 0.422 e. The molecule has 0 saturated carbocycles. The highest BCUT2D eigenvalue weighted by molar-refractivity contribution is 6.05. The Bertz CT molecular complexity index is 1170. The SMILES string of the molecule is Cc1cc(CN2Cc3c(ccnc3NC(=O)c3cocn3)C2=O)nnc1OCC(F)(F)F. The van der Waals surface area contributed by atoms with E-state index in [1.807, 2.05) is 0 Å². The molecule has 0 saturated heterocycles. The lowest BCUT2D eigenvalue weighted by Crippen LogP contribution is -2.24. The predicted molar refractivity (Wildman–Crippen MR) is 101 cm³/mol. The highest BCUT2D eigenvalue weighted by Crippen LogP contribution is 2.29. The summed E-state index contributed by atoms with van der Waals surface area (Å²) in [6, 6.07) is 3.04. The summed E-state index contributed by atoms with van der Waals surface area (Å²) in [5.74, 6) is -0.869. The molecule has 0 spiro atoms. The van der Waals surface area contributed by atoms with Crippen molar-refractivity contribution in [2.45, 2.75) is 26.2 Å². The van der Waals surface area contributed by atoms with E-state index >= 15 is 0 Å². The molecule has 0 atom stereocenters. The van der Waals surface area contributed by atoms with Gasteiger partial charge in [-0.1, -0.05) is 0 Å². The average Bonchev–Trinajstić information content (AvgIpc) is 3.37. The van der Waals surface area contributed by atoms with Gasteiger partial charge in [-0.25, -0.2) is 9.97 Å². The molecule has 0 unspecified atom stereocenters. The Hall–Kier alpha value is -4.03. The third-order valence-electron chi connectivity index (χ3n) is 4.53. The van der Waals surface area contributed by atoms with Crippen LogP contribution in [0.3, 0.4) is 0 Å². The van der Waals surface area contributed by atoms with Gasteiger partial charge >= 0.3 is 6.18 Å². The number of carbonyl (C=O) groups excluding carboxylic acids is 2. The average molecular weight is 448 g/mol. The Labute approximate surface area is 178 Å². The van der Waals surface area contributed by atoms with Gasteiger partial charge in [0.25, 0.3) is 11.8 Å². The molecule has 0 bridgehead atoms.